The van der Waals surface area contributed by atoms with Crippen molar-refractivity contribution in [1.29, 1.82) is 0 Å². The highest BCUT2D eigenvalue weighted by Crippen LogP contribution is 2.19. The zero-order valence-corrected chi connectivity index (χ0v) is 11.7. The lowest BCUT2D eigenvalue weighted by molar-refractivity contribution is 0.196. The van der Waals surface area contributed by atoms with Crippen LogP contribution in [0.3, 0.4) is 0 Å². The Bertz CT molecular complexity index is 512. The summed E-state index contributed by atoms with van der Waals surface area (Å²) in [4.78, 5) is 20.6. The van der Waals surface area contributed by atoms with Crippen molar-refractivity contribution >= 4 is 5.95 Å². The molecule has 0 radical (unpaired) electrons. The highest BCUT2D eigenvalue weighted by Gasteiger charge is 2.24. The van der Waals surface area contributed by atoms with Crippen molar-refractivity contribution in [1.82, 2.24) is 24.8 Å². The molecule has 1 unspecified atom stereocenters. The monoisotopic (exact) mass is 272 g/mol. The highest BCUT2D eigenvalue weighted by molar-refractivity contribution is 5.29. The molecule has 20 heavy (non-hydrogen) atoms. The molecule has 0 amide bonds. The van der Waals surface area contributed by atoms with E-state index >= 15 is 0 Å². The third-order valence-corrected chi connectivity index (χ3v) is 3.84. The van der Waals surface area contributed by atoms with Crippen LogP contribution in [0.4, 0.5) is 5.95 Å². The lowest BCUT2D eigenvalue weighted by Gasteiger charge is -2.37. The van der Waals surface area contributed by atoms with Crippen molar-refractivity contribution in [3.05, 3.63) is 36.7 Å². The predicted molar refractivity (Wildman–Crippen MR) is 77.3 cm³/mol. The second-order valence-corrected chi connectivity index (χ2v) is 5.27. The first kappa shape index (κ1) is 13.1. The standard InChI is InChI=1S/C14H20N6/c1-19(14-16-5-3-6-17-14)13-4-2-7-20(10-13)9-12-8-15-11-18-12/h3,5-6,8,11,13H,2,4,7,9-10H2,1H3,(H,15,18). The zero-order valence-electron chi connectivity index (χ0n) is 11.7. The Morgan fingerprint density at radius 1 is 1.40 bits per heavy atom. The molecule has 1 atom stereocenters. The molecule has 0 aliphatic carbocycles. The number of likely N-dealkylation sites (N-methyl/N-ethyl adjacent to an activating group) is 1. The van der Waals surface area contributed by atoms with Crippen LogP contribution in [0.5, 0.6) is 0 Å². The van der Waals surface area contributed by atoms with Gasteiger partial charge in [0.05, 0.1) is 6.33 Å². The summed E-state index contributed by atoms with van der Waals surface area (Å²) in [6, 6.07) is 2.32. The van der Waals surface area contributed by atoms with Crippen LogP contribution < -0.4 is 4.90 Å². The highest BCUT2D eigenvalue weighted by atomic mass is 15.3. The summed E-state index contributed by atoms with van der Waals surface area (Å²) in [7, 11) is 2.08. The van der Waals surface area contributed by atoms with Crippen molar-refractivity contribution < 1.29 is 0 Å². The van der Waals surface area contributed by atoms with Crippen LogP contribution >= 0.6 is 0 Å². The van der Waals surface area contributed by atoms with Gasteiger partial charge in [0, 0.05) is 50.5 Å². The number of anilines is 1. The molecule has 1 aliphatic rings. The molecular weight excluding hydrogens is 252 g/mol. The molecule has 106 valence electrons. The minimum Gasteiger partial charge on any atom is -0.347 e. The molecule has 0 bridgehead atoms. The number of likely N-dealkylation sites (tertiary alicyclic amines) is 1. The molecule has 0 saturated carbocycles. The van der Waals surface area contributed by atoms with Gasteiger partial charge in [0.1, 0.15) is 0 Å². The Balaban J connectivity index is 1.63. The molecule has 1 saturated heterocycles. The Labute approximate surface area is 118 Å². The number of piperidine rings is 1. The van der Waals surface area contributed by atoms with E-state index in [1.807, 2.05) is 12.3 Å². The number of aromatic nitrogens is 4. The Kier molecular flexibility index (Phi) is 3.92. The van der Waals surface area contributed by atoms with Gasteiger partial charge in [-0.05, 0) is 25.5 Å². The summed E-state index contributed by atoms with van der Waals surface area (Å²) in [6.45, 7) is 3.10. The van der Waals surface area contributed by atoms with Gasteiger partial charge >= 0.3 is 0 Å². The van der Waals surface area contributed by atoms with Crippen LogP contribution in [0.1, 0.15) is 18.5 Å². The number of hydrogen-bond acceptors (Lipinski definition) is 5. The number of rotatable bonds is 4. The van der Waals surface area contributed by atoms with E-state index in [-0.39, 0.29) is 0 Å². The summed E-state index contributed by atoms with van der Waals surface area (Å²) in [5, 5.41) is 0. The Morgan fingerprint density at radius 3 is 3.00 bits per heavy atom. The maximum Gasteiger partial charge on any atom is 0.225 e. The maximum atomic E-state index is 4.33. The van der Waals surface area contributed by atoms with E-state index in [1.54, 1.807) is 18.7 Å². The molecule has 1 N–H and O–H groups in total. The van der Waals surface area contributed by atoms with Crippen LogP contribution in [-0.4, -0.2) is 51.0 Å². The summed E-state index contributed by atoms with van der Waals surface area (Å²) in [5.74, 6) is 0.806. The fourth-order valence-corrected chi connectivity index (χ4v) is 2.74. The van der Waals surface area contributed by atoms with Gasteiger partial charge in [-0.1, -0.05) is 0 Å². The van der Waals surface area contributed by atoms with Gasteiger partial charge in [-0.15, -0.1) is 0 Å². The smallest absolute Gasteiger partial charge is 0.225 e. The van der Waals surface area contributed by atoms with Gasteiger partial charge in [0.15, 0.2) is 0 Å². The summed E-state index contributed by atoms with van der Waals surface area (Å²) in [6.07, 6.45) is 9.62. The Morgan fingerprint density at radius 2 is 2.25 bits per heavy atom. The molecule has 1 fully saturated rings. The number of imidazole rings is 1. The topological polar surface area (TPSA) is 60.9 Å². The van der Waals surface area contributed by atoms with Crippen molar-refractivity contribution in [2.24, 2.45) is 0 Å². The van der Waals surface area contributed by atoms with Gasteiger partial charge in [-0.25, -0.2) is 15.0 Å². The number of H-pyrrole nitrogens is 1. The van der Waals surface area contributed by atoms with Gasteiger partial charge in [-0.2, -0.15) is 0 Å². The fourth-order valence-electron chi connectivity index (χ4n) is 2.74. The quantitative estimate of drug-likeness (QED) is 0.909. The molecule has 3 rings (SSSR count). The van der Waals surface area contributed by atoms with Gasteiger partial charge in [-0.3, -0.25) is 4.90 Å². The van der Waals surface area contributed by atoms with Gasteiger partial charge in [0.25, 0.3) is 0 Å². The van der Waals surface area contributed by atoms with E-state index in [2.05, 4.69) is 36.8 Å². The minimum absolute atomic E-state index is 0.467. The first-order chi connectivity index (χ1) is 9.83. The average Bonchev–Trinajstić information content (AvgIpc) is 3.01. The van der Waals surface area contributed by atoms with E-state index in [4.69, 9.17) is 0 Å². The predicted octanol–water partition coefficient (Wildman–Crippen LogP) is 1.30. The summed E-state index contributed by atoms with van der Waals surface area (Å²) >= 11 is 0. The molecular formula is C14H20N6. The number of aromatic amines is 1. The van der Waals surface area contributed by atoms with E-state index in [0.717, 1.165) is 25.6 Å². The van der Waals surface area contributed by atoms with E-state index < -0.39 is 0 Å². The lowest BCUT2D eigenvalue weighted by atomic mass is 10.0. The third kappa shape index (κ3) is 2.96. The zero-order chi connectivity index (χ0) is 13.8. The maximum absolute atomic E-state index is 4.33. The SMILES string of the molecule is CN(c1ncccn1)C1CCCN(Cc2cnc[nH]2)C1. The molecule has 1 aliphatic heterocycles. The van der Waals surface area contributed by atoms with Crippen LogP contribution in [0, 0.1) is 0 Å². The van der Waals surface area contributed by atoms with Crippen LogP contribution in [0.15, 0.2) is 31.0 Å². The molecule has 0 aromatic carbocycles. The summed E-state index contributed by atoms with van der Waals surface area (Å²) < 4.78 is 0. The molecule has 6 heteroatoms. The van der Waals surface area contributed by atoms with Gasteiger partial charge in [0.2, 0.25) is 5.95 Å². The molecule has 2 aromatic rings. The van der Waals surface area contributed by atoms with Crippen LogP contribution in [0.2, 0.25) is 0 Å². The van der Waals surface area contributed by atoms with Crippen molar-refractivity contribution in [2.75, 3.05) is 25.0 Å². The largest absolute Gasteiger partial charge is 0.347 e. The van der Waals surface area contributed by atoms with Crippen molar-refractivity contribution in [3.63, 3.8) is 0 Å². The fraction of sp³-hybridized carbons (Fsp3) is 0.500. The Hall–Kier alpha value is -1.95. The van der Waals surface area contributed by atoms with Crippen molar-refractivity contribution in [3.8, 4) is 0 Å². The van der Waals surface area contributed by atoms with E-state index in [1.165, 1.54) is 18.5 Å². The minimum atomic E-state index is 0.467. The molecule has 3 heterocycles. The van der Waals surface area contributed by atoms with E-state index in [0.29, 0.717) is 6.04 Å². The number of hydrogen-bond donors (Lipinski definition) is 1. The van der Waals surface area contributed by atoms with Crippen LogP contribution in [-0.2, 0) is 6.54 Å². The van der Waals surface area contributed by atoms with Crippen molar-refractivity contribution in [2.45, 2.75) is 25.4 Å². The first-order valence-electron chi connectivity index (χ1n) is 7.02. The first-order valence-corrected chi connectivity index (χ1v) is 7.02. The average molecular weight is 272 g/mol. The second kappa shape index (κ2) is 6.00. The molecule has 0 spiro atoms. The van der Waals surface area contributed by atoms with Gasteiger partial charge < -0.3 is 9.88 Å². The van der Waals surface area contributed by atoms with E-state index in [9.17, 15) is 0 Å². The van der Waals surface area contributed by atoms with Crippen LogP contribution in [0.25, 0.3) is 0 Å². The lowest BCUT2D eigenvalue weighted by Crippen LogP contribution is -2.46. The number of nitrogens with zero attached hydrogens (tertiary/aromatic N) is 5. The normalized spacial score (nSPS) is 19.9. The molecule has 6 nitrogen and oxygen atoms in total. The molecule has 2 aromatic heterocycles. The number of nitrogens with one attached hydrogen (secondary N) is 1. The summed E-state index contributed by atoms with van der Waals surface area (Å²) in [5.41, 5.74) is 1.17. The second-order valence-electron chi connectivity index (χ2n) is 5.27. The third-order valence-electron chi connectivity index (χ3n) is 3.84.